The van der Waals surface area contributed by atoms with E-state index in [1.54, 1.807) is 0 Å². The molecule has 0 saturated heterocycles. The second-order valence-corrected chi connectivity index (χ2v) is 7.50. The van der Waals surface area contributed by atoms with Crippen molar-refractivity contribution < 1.29 is 14.3 Å². The second kappa shape index (κ2) is 10.6. The largest absolute Gasteiger partial charge is 0.494 e. The first-order chi connectivity index (χ1) is 14.6. The predicted molar refractivity (Wildman–Crippen MR) is 119 cm³/mol. The molecule has 0 radical (unpaired) electrons. The molecule has 0 bridgehead atoms. The van der Waals surface area contributed by atoms with Gasteiger partial charge in [0.05, 0.1) is 18.7 Å². The molecular formula is C23H30N4O3. The Balaban J connectivity index is 1.44. The van der Waals surface area contributed by atoms with E-state index >= 15 is 0 Å². The van der Waals surface area contributed by atoms with E-state index in [4.69, 9.17) is 15.2 Å². The molecule has 160 valence electrons. The monoisotopic (exact) mass is 410 g/mol. The van der Waals surface area contributed by atoms with Crippen LogP contribution in [0.1, 0.15) is 38.7 Å². The van der Waals surface area contributed by atoms with Crippen molar-refractivity contribution in [2.45, 2.75) is 45.8 Å². The van der Waals surface area contributed by atoms with Gasteiger partial charge in [-0.1, -0.05) is 30.3 Å². The smallest absolute Gasteiger partial charge is 0.320 e. The Morgan fingerprint density at radius 3 is 2.60 bits per heavy atom. The molecule has 0 atom stereocenters. The van der Waals surface area contributed by atoms with Crippen LogP contribution in [0.3, 0.4) is 0 Å². The van der Waals surface area contributed by atoms with Gasteiger partial charge in [-0.25, -0.2) is 4.79 Å². The minimum atomic E-state index is -0.529. The van der Waals surface area contributed by atoms with E-state index in [0.717, 1.165) is 42.5 Å². The van der Waals surface area contributed by atoms with Crippen LogP contribution in [0.5, 0.6) is 5.75 Å². The number of fused-ring (bicyclic) bond motifs is 1. The molecular weight excluding hydrogens is 380 g/mol. The van der Waals surface area contributed by atoms with E-state index in [0.29, 0.717) is 19.0 Å². The SMILES string of the molecule is CC(C)N(C(N)=O)c1n[nH]c2ccc(OCCCCCOCc3ccccc3)cc12. The molecule has 0 spiro atoms. The number of hydrogen-bond acceptors (Lipinski definition) is 4. The maximum atomic E-state index is 11.8. The summed E-state index contributed by atoms with van der Waals surface area (Å²) < 4.78 is 11.6. The van der Waals surface area contributed by atoms with E-state index in [2.05, 4.69) is 22.3 Å². The predicted octanol–water partition coefficient (Wildman–Crippen LogP) is 4.62. The normalized spacial score (nSPS) is 11.2. The number of hydrogen-bond donors (Lipinski definition) is 2. The standard InChI is InChI=1S/C23H30N4O3/c1-17(2)27(23(24)28)22-20-15-19(11-12-21(20)25-26-22)30-14-8-4-7-13-29-16-18-9-5-3-6-10-18/h3,5-6,9-12,15,17H,4,7-8,13-14,16H2,1-2H3,(H2,24,28)(H,25,26). The lowest BCUT2D eigenvalue weighted by Gasteiger charge is -2.22. The van der Waals surface area contributed by atoms with Crippen molar-refractivity contribution >= 4 is 22.8 Å². The zero-order valence-corrected chi connectivity index (χ0v) is 17.6. The highest BCUT2D eigenvalue weighted by molar-refractivity contribution is 6.00. The lowest BCUT2D eigenvalue weighted by Crippen LogP contribution is -2.41. The summed E-state index contributed by atoms with van der Waals surface area (Å²) in [5.74, 6) is 1.27. The number of benzene rings is 2. The number of aromatic amines is 1. The van der Waals surface area contributed by atoms with Crippen molar-refractivity contribution in [3.05, 3.63) is 54.1 Å². The number of unbranched alkanes of at least 4 members (excludes halogenated alkanes) is 2. The van der Waals surface area contributed by atoms with E-state index in [9.17, 15) is 4.79 Å². The van der Waals surface area contributed by atoms with Crippen LogP contribution >= 0.6 is 0 Å². The Kier molecular flexibility index (Phi) is 7.68. The van der Waals surface area contributed by atoms with Gasteiger partial charge >= 0.3 is 6.03 Å². The number of aromatic nitrogens is 2. The van der Waals surface area contributed by atoms with Crippen LogP contribution in [-0.4, -0.2) is 35.5 Å². The summed E-state index contributed by atoms with van der Waals surface area (Å²) in [5, 5.41) is 8.03. The lowest BCUT2D eigenvalue weighted by atomic mass is 10.2. The topological polar surface area (TPSA) is 93.5 Å². The van der Waals surface area contributed by atoms with E-state index in [1.807, 2.05) is 50.2 Å². The molecule has 0 fully saturated rings. The maximum absolute atomic E-state index is 11.8. The number of carbonyl (C=O) groups is 1. The molecule has 2 aromatic carbocycles. The first kappa shape index (κ1) is 21.6. The van der Waals surface area contributed by atoms with Crippen LogP contribution in [0.2, 0.25) is 0 Å². The number of amides is 2. The fraction of sp³-hybridized carbons (Fsp3) is 0.391. The number of ether oxygens (including phenoxy) is 2. The molecule has 7 heteroatoms. The van der Waals surface area contributed by atoms with Gasteiger partial charge in [0.15, 0.2) is 5.82 Å². The number of nitrogens with one attached hydrogen (secondary N) is 1. The van der Waals surface area contributed by atoms with Crippen LogP contribution in [0.25, 0.3) is 10.9 Å². The summed E-state index contributed by atoms with van der Waals surface area (Å²) in [4.78, 5) is 13.3. The molecule has 2 amide bonds. The minimum Gasteiger partial charge on any atom is -0.494 e. The Hall–Kier alpha value is -3.06. The zero-order chi connectivity index (χ0) is 21.3. The third kappa shape index (κ3) is 5.73. The molecule has 0 saturated carbocycles. The van der Waals surface area contributed by atoms with Crippen molar-refractivity contribution in [3.63, 3.8) is 0 Å². The van der Waals surface area contributed by atoms with Crippen molar-refractivity contribution in [2.24, 2.45) is 5.73 Å². The summed E-state index contributed by atoms with van der Waals surface area (Å²) in [5.41, 5.74) is 7.56. The van der Waals surface area contributed by atoms with E-state index in [1.165, 1.54) is 10.5 Å². The molecule has 30 heavy (non-hydrogen) atoms. The maximum Gasteiger partial charge on any atom is 0.320 e. The van der Waals surface area contributed by atoms with Crippen molar-refractivity contribution in [1.29, 1.82) is 0 Å². The summed E-state index contributed by atoms with van der Waals surface area (Å²) in [6, 6.07) is 15.3. The number of anilines is 1. The van der Waals surface area contributed by atoms with Gasteiger partial charge in [0.25, 0.3) is 0 Å². The number of urea groups is 1. The number of nitrogens with zero attached hydrogens (tertiary/aromatic N) is 2. The average Bonchev–Trinajstić information content (AvgIpc) is 3.13. The Bertz CT molecular complexity index is 940. The van der Waals surface area contributed by atoms with Gasteiger partial charge in [-0.3, -0.25) is 10.00 Å². The molecule has 3 N–H and O–H groups in total. The molecule has 0 unspecified atom stereocenters. The van der Waals surface area contributed by atoms with Gasteiger partial charge in [-0.05, 0) is 56.9 Å². The number of nitrogens with two attached hydrogens (primary N) is 1. The third-order valence-electron chi connectivity index (χ3n) is 4.81. The third-order valence-corrected chi connectivity index (χ3v) is 4.81. The van der Waals surface area contributed by atoms with Crippen LogP contribution in [0, 0.1) is 0 Å². The van der Waals surface area contributed by atoms with Crippen LogP contribution in [0.4, 0.5) is 10.6 Å². The molecule has 0 aliphatic carbocycles. The first-order valence-corrected chi connectivity index (χ1v) is 10.4. The van der Waals surface area contributed by atoms with Gasteiger partial charge in [0, 0.05) is 18.0 Å². The fourth-order valence-corrected chi connectivity index (χ4v) is 3.29. The van der Waals surface area contributed by atoms with Crippen LogP contribution < -0.4 is 15.4 Å². The molecule has 3 aromatic rings. The van der Waals surface area contributed by atoms with Gasteiger partial charge in [-0.2, -0.15) is 5.10 Å². The quantitative estimate of drug-likeness (QED) is 0.451. The number of carbonyl (C=O) groups excluding carboxylic acids is 1. The Morgan fingerprint density at radius 2 is 1.87 bits per heavy atom. The number of H-pyrrole nitrogens is 1. The Morgan fingerprint density at radius 1 is 1.10 bits per heavy atom. The van der Waals surface area contributed by atoms with E-state index in [-0.39, 0.29) is 6.04 Å². The summed E-state index contributed by atoms with van der Waals surface area (Å²) in [6.07, 6.45) is 2.99. The summed E-state index contributed by atoms with van der Waals surface area (Å²) >= 11 is 0. The Labute approximate surface area is 177 Å². The summed E-state index contributed by atoms with van der Waals surface area (Å²) in [7, 11) is 0. The highest BCUT2D eigenvalue weighted by atomic mass is 16.5. The van der Waals surface area contributed by atoms with E-state index < -0.39 is 6.03 Å². The molecule has 7 nitrogen and oxygen atoms in total. The highest BCUT2D eigenvalue weighted by Crippen LogP contribution is 2.29. The molecule has 1 heterocycles. The van der Waals surface area contributed by atoms with Crippen LogP contribution in [-0.2, 0) is 11.3 Å². The average molecular weight is 411 g/mol. The van der Waals surface area contributed by atoms with Gasteiger partial charge in [0.2, 0.25) is 0 Å². The van der Waals surface area contributed by atoms with Crippen LogP contribution in [0.15, 0.2) is 48.5 Å². The zero-order valence-electron chi connectivity index (χ0n) is 17.6. The number of rotatable bonds is 11. The second-order valence-electron chi connectivity index (χ2n) is 7.50. The van der Waals surface area contributed by atoms with Gasteiger partial charge < -0.3 is 15.2 Å². The van der Waals surface area contributed by atoms with Gasteiger partial charge in [-0.15, -0.1) is 0 Å². The van der Waals surface area contributed by atoms with Crippen molar-refractivity contribution in [3.8, 4) is 5.75 Å². The molecule has 0 aliphatic rings. The molecule has 3 rings (SSSR count). The van der Waals surface area contributed by atoms with Gasteiger partial charge in [0.1, 0.15) is 5.75 Å². The summed E-state index contributed by atoms with van der Waals surface area (Å²) in [6.45, 7) is 5.83. The molecule has 0 aliphatic heterocycles. The van der Waals surface area contributed by atoms with Crippen molar-refractivity contribution in [2.75, 3.05) is 18.1 Å². The fourth-order valence-electron chi connectivity index (χ4n) is 3.29. The molecule has 1 aromatic heterocycles. The highest BCUT2D eigenvalue weighted by Gasteiger charge is 2.21. The number of primary amides is 1. The lowest BCUT2D eigenvalue weighted by molar-refractivity contribution is 0.116. The minimum absolute atomic E-state index is 0.0947. The first-order valence-electron chi connectivity index (χ1n) is 10.4. The van der Waals surface area contributed by atoms with Crippen molar-refractivity contribution in [1.82, 2.24) is 10.2 Å².